The molecule has 192 valence electrons. The van der Waals surface area contributed by atoms with Crippen molar-refractivity contribution in [3.8, 4) is 0 Å². The number of nitrogens with zero attached hydrogens (tertiary/aromatic N) is 2. The van der Waals surface area contributed by atoms with Crippen molar-refractivity contribution >= 4 is 44.9 Å². The van der Waals surface area contributed by atoms with Crippen LogP contribution in [0.15, 0.2) is 88.7 Å². The van der Waals surface area contributed by atoms with Gasteiger partial charge in [0.2, 0.25) is 0 Å². The lowest BCUT2D eigenvalue weighted by Crippen LogP contribution is -2.32. The van der Waals surface area contributed by atoms with Gasteiger partial charge in [-0.2, -0.15) is 5.10 Å². The Morgan fingerprint density at radius 1 is 0.974 bits per heavy atom. The topological polar surface area (TPSA) is 88.0 Å². The van der Waals surface area contributed by atoms with Gasteiger partial charge >= 0.3 is 0 Å². The lowest BCUT2D eigenvalue weighted by Gasteiger charge is -2.30. The molecule has 0 fully saturated rings. The molecular weight excluding hydrogens is 549 g/mol. The molecule has 3 aromatic carbocycles. The highest BCUT2D eigenvalue weighted by molar-refractivity contribution is 9.10. The SMILES string of the molecule is CC1=C(C(=O)Nc2ccc(C)cc2C)C(c2cc(Br)ccc2F)n2ncc(C(=O)Nc3ccccc3)c2N1. The number of nitrogens with one attached hydrogen (secondary N) is 3. The molecule has 7 nitrogen and oxygen atoms in total. The number of fused-ring (bicyclic) bond motifs is 1. The summed E-state index contributed by atoms with van der Waals surface area (Å²) in [5.74, 6) is -0.915. The van der Waals surface area contributed by atoms with E-state index in [-0.39, 0.29) is 22.6 Å². The Labute approximate surface area is 227 Å². The lowest BCUT2D eigenvalue weighted by molar-refractivity contribution is -0.113. The van der Waals surface area contributed by atoms with Gasteiger partial charge in [0, 0.05) is 27.1 Å². The molecule has 0 saturated heterocycles. The largest absolute Gasteiger partial charge is 0.343 e. The van der Waals surface area contributed by atoms with E-state index in [0.29, 0.717) is 27.4 Å². The molecule has 3 N–H and O–H groups in total. The Morgan fingerprint density at radius 3 is 2.47 bits per heavy atom. The number of amides is 2. The first-order chi connectivity index (χ1) is 18.2. The summed E-state index contributed by atoms with van der Waals surface area (Å²) >= 11 is 3.42. The van der Waals surface area contributed by atoms with Gasteiger partial charge in [-0.25, -0.2) is 9.07 Å². The summed E-state index contributed by atoms with van der Waals surface area (Å²) in [5, 5.41) is 13.4. The number of aromatic nitrogens is 2. The first-order valence-corrected chi connectivity index (χ1v) is 12.8. The molecule has 9 heteroatoms. The number of hydrogen-bond donors (Lipinski definition) is 3. The summed E-state index contributed by atoms with van der Waals surface area (Å²) < 4.78 is 17.4. The summed E-state index contributed by atoms with van der Waals surface area (Å²) in [6.45, 7) is 5.63. The highest BCUT2D eigenvalue weighted by Gasteiger charge is 2.37. The number of allylic oxidation sites excluding steroid dienone is 1. The monoisotopic (exact) mass is 573 g/mol. The molecule has 38 heavy (non-hydrogen) atoms. The fourth-order valence-corrected chi connectivity index (χ4v) is 4.97. The van der Waals surface area contributed by atoms with E-state index in [1.807, 2.05) is 50.2 Å². The molecule has 0 spiro atoms. The summed E-state index contributed by atoms with van der Waals surface area (Å²) in [6, 6.07) is 18.4. The van der Waals surface area contributed by atoms with Gasteiger partial charge < -0.3 is 16.0 Å². The normalized spacial score (nSPS) is 14.5. The van der Waals surface area contributed by atoms with Crippen LogP contribution >= 0.6 is 15.9 Å². The zero-order chi connectivity index (χ0) is 27.0. The first kappa shape index (κ1) is 25.4. The number of para-hydroxylation sites is 1. The third-order valence-corrected chi connectivity index (χ3v) is 6.92. The van der Waals surface area contributed by atoms with Crippen LogP contribution in [0, 0.1) is 19.7 Å². The zero-order valence-corrected chi connectivity index (χ0v) is 22.6. The summed E-state index contributed by atoms with van der Waals surface area (Å²) in [7, 11) is 0. The summed E-state index contributed by atoms with van der Waals surface area (Å²) in [4.78, 5) is 26.9. The van der Waals surface area contributed by atoms with Gasteiger partial charge in [0.05, 0.1) is 11.8 Å². The number of halogens is 2. The van der Waals surface area contributed by atoms with Gasteiger partial charge in [0.1, 0.15) is 23.2 Å². The molecule has 4 aromatic rings. The minimum atomic E-state index is -0.923. The van der Waals surface area contributed by atoms with Crippen molar-refractivity contribution in [1.29, 1.82) is 0 Å². The molecule has 1 aromatic heterocycles. The molecule has 0 aliphatic carbocycles. The van der Waals surface area contributed by atoms with Gasteiger partial charge in [-0.15, -0.1) is 0 Å². The fraction of sp³-hybridized carbons (Fsp3) is 0.138. The molecule has 1 unspecified atom stereocenters. The van der Waals surface area contributed by atoms with Gasteiger partial charge in [0.15, 0.2) is 0 Å². The second kappa shape index (κ2) is 10.3. The molecule has 1 aliphatic heterocycles. The minimum absolute atomic E-state index is 0.241. The maximum absolute atomic E-state index is 15.3. The number of rotatable bonds is 5. The van der Waals surface area contributed by atoms with Gasteiger partial charge in [-0.1, -0.05) is 51.8 Å². The van der Waals surface area contributed by atoms with Crippen molar-refractivity contribution in [3.63, 3.8) is 0 Å². The second-order valence-corrected chi connectivity index (χ2v) is 10.1. The number of carbonyl (C=O) groups is 2. The average molecular weight is 574 g/mol. The maximum atomic E-state index is 15.3. The molecule has 0 saturated carbocycles. The van der Waals surface area contributed by atoms with E-state index < -0.39 is 17.8 Å². The van der Waals surface area contributed by atoms with Crippen LogP contribution in [0.3, 0.4) is 0 Å². The maximum Gasteiger partial charge on any atom is 0.261 e. The van der Waals surface area contributed by atoms with Gasteiger partial charge in [-0.05, 0) is 62.7 Å². The van der Waals surface area contributed by atoms with Crippen LogP contribution in [0.2, 0.25) is 0 Å². The van der Waals surface area contributed by atoms with Crippen LogP contribution in [0.25, 0.3) is 0 Å². The average Bonchev–Trinajstić information content (AvgIpc) is 3.30. The van der Waals surface area contributed by atoms with Crippen LogP contribution < -0.4 is 16.0 Å². The van der Waals surface area contributed by atoms with Crippen molar-refractivity contribution < 1.29 is 14.0 Å². The molecule has 0 radical (unpaired) electrons. The van der Waals surface area contributed by atoms with Gasteiger partial charge in [-0.3, -0.25) is 9.59 Å². The first-order valence-electron chi connectivity index (χ1n) is 12.0. The van der Waals surface area contributed by atoms with E-state index in [9.17, 15) is 9.59 Å². The molecule has 1 aliphatic rings. The lowest BCUT2D eigenvalue weighted by atomic mass is 9.94. The Hall–Kier alpha value is -4.24. The summed E-state index contributed by atoms with van der Waals surface area (Å²) in [5.41, 5.74) is 4.54. The Morgan fingerprint density at radius 2 is 1.74 bits per heavy atom. The highest BCUT2D eigenvalue weighted by atomic mass is 79.9. The molecule has 5 rings (SSSR count). The number of carbonyl (C=O) groups excluding carboxylic acids is 2. The minimum Gasteiger partial charge on any atom is -0.343 e. The van der Waals surface area contributed by atoms with Crippen LogP contribution in [-0.4, -0.2) is 21.6 Å². The van der Waals surface area contributed by atoms with Crippen molar-refractivity contribution in [2.45, 2.75) is 26.8 Å². The molecule has 2 amide bonds. The highest BCUT2D eigenvalue weighted by Crippen LogP contribution is 2.39. The standard InChI is InChI=1S/C29H25BrFN5O2/c1-16-9-12-24(17(2)13-16)35-29(38)25-18(3)33-27-22(28(37)34-20-7-5-4-6-8-20)15-32-36(27)26(25)21-14-19(30)10-11-23(21)31/h4-15,26,33H,1-3H3,(H,34,37)(H,35,38). The molecule has 1 atom stereocenters. The van der Waals surface area contributed by atoms with Crippen LogP contribution in [0.1, 0.15) is 40.0 Å². The predicted molar refractivity (Wildman–Crippen MR) is 150 cm³/mol. The van der Waals surface area contributed by atoms with E-state index in [1.165, 1.54) is 16.9 Å². The van der Waals surface area contributed by atoms with Crippen molar-refractivity contribution in [2.75, 3.05) is 16.0 Å². The third kappa shape index (κ3) is 4.84. The predicted octanol–water partition coefficient (Wildman–Crippen LogP) is 6.58. The molecule has 2 heterocycles. The Kier molecular flexibility index (Phi) is 6.86. The summed E-state index contributed by atoms with van der Waals surface area (Å²) in [6.07, 6.45) is 1.42. The van der Waals surface area contributed by atoms with E-state index in [0.717, 1.165) is 11.1 Å². The van der Waals surface area contributed by atoms with Crippen LogP contribution in [-0.2, 0) is 4.79 Å². The van der Waals surface area contributed by atoms with Crippen LogP contribution in [0.5, 0.6) is 0 Å². The second-order valence-electron chi connectivity index (χ2n) is 9.18. The fourth-order valence-electron chi connectivity index (χ4n) is 4.59. The van der Waals surface area contributed by atoms with E-state index in [1.54, 1.807) is 31.2 Å². The third-order valence-electron chi connectivity index (χ3n) is 6.43. The Bertz CT molecular complexity index is 1600. The zero-order valence-electron chi connectivity index (χ0n) is 21.0. The van der Waals surface area contributed by atoms with Gasteiger partial charge in [0.25, 0.3) is 11.8 Å². The Balaban J connectivity index is 1.58. The van der Waals surface area contributed by atoms with Crippen molar-refractivity contribution in [3.05, 3.63) is 117 Å². The number of anilines is 3. The molecule has 0 bridgehead atoms. The quantitative estimate of drug-likeness (QED) is 0.251. The number of hydrogen-bond acceptors (Lipinski definition) is 4. The van der Waals surface area contributed by atoms with E-state index in [4.69, 9.17) is 0 Å². The van der Waals surface area contributed by atoms with Crippen LogP contribution in [0.4, 0.5) is 21.6 Å². The van der Waals surface area contributed by atoms with Crippen molar-refractivity contribution in [1.82, 2.24) is 9.78 Å². The number of benzene rings is 3. The smallest absolute Gasteiger partial charge is 0.261 e. The molecular formula is C29H25BrFN5O2. The van der Waals surface area contributed by atoms with E-state index >= 15 is 4.39 Å². The van der Waals surface area contributed by atoms with E-state index in [2.05, 4.69) is 37.0 Å². The number of aryl methyl sites for hydroxylation is 2. The van der Waals surface area contributed by atoms with Crippen molar-refractivity contribution in [2.24, 2.45) is 0 Å².